The van der Waals surface area contributed by atoms with E-state index in [0.717, 1.165) is 5.69 Å². The molecule has 0 fully saturated rings. The Hall–Kier alpha value is -1.20. The number of aryl methyl sites for hydroxylation is 1. The molecule has 5 heteroatoms. The maximum absolute atomic E-state index is 4.61. The van der Waals surface area contributed by atoms with E-state index in [0.29, 0.717) is 0 Å². The van der Waals surface area contributed by atoms with Crippen LogP contribution in [0.25, 0.3) is 0 Å². The van der Waals surface area contributed by atoms with Gasteiger partial charge < -0.3 is 0 Å². The summed E-state index contributed by atoms with van der Waals surface area (Å²) in [5.41, 5.74) is 0.810. The summed E-state index contributed by atoms with van der Waals surface area (Å²) < 4.78 is 0. The van der Waals surface area contributed by atoms with Gasteiger partial charge in [0.25, 0.3) is 5.88 Å². The van der Waals surface area contributed by atoms with Crippen LogP contribution < -0.4 is 10.8 Å². The highest BCUT2D eigenvalue weighted by Crippen LogP contribution is 2.01. The molecule has 1 aromatic rings. The molecule has 0 bridgehead atoms. The van der Waals surface area contributed by atoms with E-state index < -0.39 is 0 Å². The Morgan fingerprint density at radius 1 is 1.40 bits per heavy atom. The number of nitrogens with two attached hydrogens (primary N) is 1. The lowest BCUT2D eigenvalue weighted by atomic mass is 10.5. The van der Waals surface area contributed by atoms with Crippen molar-refractivity contribution in [3.63, 3.8) is 0 Å². The molecule has 1 heterocycles. The van der Waals surface area contributed by atoms with Gasteiger partial charge in [-0.3, -0.25) is 9.87 Å². The zero-order chi connectivity index (χ0) is 7.40. The molecule has 54 valence electrons. The molecule has 5 nitrogen and oxygen atoms in total. The lowest BCUT2D eigenvalue weighted by molar-refractivity contribution is -0.214. The highest BCUT2D eigenvalue weighted by Gasteiger charge is 1.93. The van der Waals surface area contributed by atoms with E-state index >= 15 is 0 Å². The van der Waals surface area contributed by atoms with Gasteiger partial charge in [0.05, 0.1) is 18.1 Å². The molecule has 0 saturated carbocycles. The third-order valence-corrected chi connectivity index (χ3v) is 0.891. The fourth-order valence-electron chi connectivity index (χ4n) is 0.473. The van der Waals surface area contributed by atoms with Crippen molar-refractivity contribution < 1.29 is 9.88 Å². The maximum atomic E-state index is 4.61. The van der Waals surface area contributed by atoms with Crippen molar-refractivity contribution in [1.82, 2.24) is 9.97 Å². The van der Waals surface area contributed by atoms with E-state index in [2.05, 4.69) is 25.7 Å². The summed E-state index contributed by atoms with van der Waals surface area (Å²) in [4.78, 5) is 15.9. The van der Waals surface area contributed by atoms with Crippen LogP contribution in [0.5, 0.6) is 5.88 Å². The number of hydrogen-bond acceptors (Lipinski definition) is 5. The topological polar surface area (TPSA) is 70.3 Å². The molecule has 0 aliphatic heterocycles. The van der Waals surface area contributed by atoms with Gasteiger partial charge >= 0.3 is 0 Å². The predicted molar refractivity (Wildman–Crippen MR) is 32.7 cm³/mol. The van der Waals surface area contributed by atoms with Crippen LogP contribution in [0.2, 0.25) is 0 Å². The molecule has 0 amide bonds. The van der Waals surface area contributed by atoms with Gasteiger partial charge in [0.2, 0.25) is 0 Å². The van der Waals surface area contributed by atoms with E-state index in [1.165, 1.54) is 6.20 Å². The Kier molecular flexibility index (Phi) is 2.14. The van der Waals surface area contributed by atoms with Crippen molar-refractivity contribution in [1.29, 1.82) is 0 Å². The largest absolute Gasteiger partial charge is 0.297 e. The van der Waals surface area contributed by atoms with Crippen molar-refractivity contribution in [2.24, 2.45) is 5.90 Å². The Balaban J connectivity index is 2.69. The third kappa shape index (κ3) is 1.64. The average Bonchev–Trinajstić information content (AvgIpc) is 1.95. The molecule has 0 aliphatic rings. The summed E-state index contributed by atoms with van der Waals surface area (Å²) in [7, 11) is 0. The first-order valence-corrected chi connectivity index (χ1v) is 2.65. The zero-order valence-corrected chi connectivity index (χ0v) is 5.44. The van der Waals surface area contributed by atoms with Crippen LogP contribution >= 0.6 is 0 Å². The van der Waals surface area contributed by atoms with Crippen LogP contribution in [0.3, 0.4) is 0 Å². The van der Waals surface area contributed by atoms with Crippen molar-refractivity contribution in [3.8, 4) is 5.88 Å². The first-order chi connectivity index (χ1) is 4.83. The minimum absolute atomic E-state index is 0.244. The first-order valence-electron chi connectivity index (χ1n) is 2.65. The zero-order valence-electron chi connectivity index (χ0n) is 5.44. The molecular formula is C5H7N3O2. The highest BCUT2D eigenvalue weighted by molar-refractivity contribution is 5.04. The lowest BCUT2D eigenvalue weighted by Crippen LogP contribution is -2.04. The molecule has 0 atom stereocenters. The van der Waals surface area contributed by atoms with Gasteiger partial charge in [0.15, 0.2) is 0 Å². The lowest BCUT2D eigenvalue weighted by Gasteiger charge is -1.96. The van der Waals surface area contributed by atoms with Crippen molar-refractivity contribution in [3.05, 3.63) is 18.1 Å². The molecule has 1 aromatic heterocycles. The molecule has 0 radical (unpaired) electrons. The minimum atomic E-state index is 0.244. The third-order valence-electron chi connectivity index (χ3n) is 0.891. The second kappa shape index (κ2) is 3.09. The Bertz CT molecular complexity index is 199. The molecule has 0 unspecified atom stereocenters. The molecule has 0 aromatic carbocycles. The minimum Gasteiger partial charge on any atom is -0.297 e. The fraction of sp³-hybridized carbons (Fsp3) is 0.200. The molecular weight excluding hydrogens is 134 g/mol. The molecule has 0 spiro atoms. The molecule has 0 saturated heterocycles. The quantitative estimate of drug-likeness (QED) is 0.462. The molecule has 1 rings (SSSR count). The number of aromatic nitrogens is 2. The van der Waals surface area contributed by atoms with Crippen LogP contribution in [0.1, 0.15) is 5.69 Å². The van der Waals surface area contributed by atoms with Crippen molar-refractivity contribution in [2.75, 3.05) is 0 Å². The van der Waals surface area contributed by atoms with Gasteiger partial charge in [0.1, 0.15) is 0 Å². The summed E-state index contributed by atoms with van der Waals surface area (Å²) in [5, 5.41) is 0. The van der Waals surface area contributed by atoms with Gasteiger partial charge in [-0.25, -0.2) is 4.98 Å². The van der Waals surface area contributed by atoms with E-state index in [9.17, 15) is 0 Å². The number of hydrogen-bond donors (Lipinski definition) is 1. The highest BCUT2D eigenvalue weighted by atomic mass is 17.3. The second-order valence-electron chi connectivity index (χ2n) is 1.68. The van der Waals surface area contributed by atoms with Gasteiger partial charge in [-0.15, -0.1) is 0 Å². The standard InChI is InChI=1S/C5H7N3O2/c1-4-2-8-5(3-7-4)9-10-6/h2-3H,6H2,1H3. The number of nitrogens with zero attached hydrogens (tertiary/aromatic N) is 2. The maximum Gasteiger partial charge on any atom is 0.276 e. The summed E-state index contributed by atoms with van der Waals surface area (Å²) in [6.07, 6.45) is 2.97. The number of rotatable bonds is 2. The van der Waals surface area contributed by atoms with Crippen LogP contribution in [0, 0.1) is 6.92 Å². The van der Waals surface area contributed by atoms with Gasteiger partial charge in [-0.2, -0.15) is 5.90 Å². The summed E-state index contributed by atoms with van der Waals surface area (Å²) in [5.74, 6) is 4.85. The second-order valence-corrected chi connectivity index (χ2v) is 1.68. The average molecular weight is 141 g/mol. The van der Waals surface area contributed by atoms with Crippen molar-refractivity contribution >= 4 is 0 Å². The van der Waals surface area contributed by atoms with Crippen molar-refractivity contribution in [2.45, 2.75) is 6.92 Å². The smallest absolute Gasteiger partial charge is 0.276 e. The monoisotopic (exact) mass is 141 g/mol. The summed E-state index contributed by atoms with van der Waals surface area (Å²) in [6.45, 7) is 1.82. The van der Waals surface area contributed by atoms with Crippen LogP contribution in [-0.2, 0) is 4.99 Å². The Morgan fingerprint density at radius 3 is 2.70 bits per heavy atom. The first kappa shape index (κ1) is 6.91. The summed E-state index contributed by atoms with van der Waals surface area (Å²) >= 11 is 0. The van der Waals surface area contributed by atoms with E-state index in [4.69, 9.17) is 0 Å². The van der Waals surface area contributed by atoms with E-state index in [1.54, 1.807) is 6.20 Å². The van der Waals surface area contributed by atoms with E-state index in [1.807, 2.05) is 6.92 Å². The molecule has 2 N–H and O–H groups in total. The summed E-state index contributed by atoms with van der Waals surface area (Å²) in [6, 6.07) is 0. The molecule has 10 heavy (non-hydrogen) atoms. The fourth-order valence-corrected chi connectivity index (χ4v) is 0.473. The Morgan fingerprint density at radius 2 is 2.20 bits per heavy atom. The predicted octanol–water partition coefficient (Wildman–Crippen LogP) is -0.0309. The van der Waals surface area contributed by atoms with Crippen LogP contribution in [-0.4, -0.2) is 9.97 Å². The van der Waals surface area contributed by atoms with Crippen LogP contribution in [0.4, 0.5) is 0 Å². The van der Waals surface area contributed by atoms with Crippen LogP contribution in [0.15, 0.2) is 12.4 Å². The van der Waals surface area contributed by atoms with Gasteiger partial charge in [0, 0.05) is 0 Å². The SMILES string of the molecule is Cc1cnc(OON)cn1. The van der Waals surface area contributed by atoms with Gasteiger partial charge in [-0.1, -0.05) is 4.99 Å². The molecule has 0 aliphatic carbocycles. The van der Waals surface area contributed by atoms with Gasteiger partial charge in [-0.05, 0) is 6.92 Å². The Labute approximate surface area is 57.7 Å². The van der Waals surface area contributed by atoms with E-state index in [-0.39, 0.29) is 5.88 Å². The normalized spacial score (nSPS) is 9.40.